The third-order valence-electron chi connectivity index (χ3n) is 2.70. The molecule has 0 aliphatic rings. The lowest BCUT2D eigenvalue weighted by Gasteiger charge is -2.11. The summed E-state index contributed by atoms with van der Waals surface area (Å²) in [5.41, 5.74) is 6.56. The molecule has 5 heteroatoms. The van der Waals surface area contributed by atoms with Crippen molar-refractivity contribution >= 4 is 11.6 Å². The molecule has 0 saturated carbocycles. The number of aliphatic hydroxyl groups is 1. The Bertz CT molecular complexity index is 407. The molecule has 0 fully saturated rings. The molecular weight excluding hydrogens is 232 g/mol. The molecule has 0 saturated heterocycles. The molecule has 100 valence electrons. The maximum absolute atomic E-state index is 11.9. The zero-order chi connectivity index (χ0) is 13.5. The standard InChI is InChI=1S/C13H20N2O3/c1-3-10(16)6-7-15-13(17)11-8-9(14)4-5-12(11)18-2/h4-5,8,10,16H,3,6-7,14H2,1-2H3,(H,15,17). The van der Waals surface area contributed by atoms with Crippen molar-refractivity contribution in [3.8, 4) is 5.75 Å². The molecule has 0 aliphatic carbocycles. The van der Waals surface area contributed by atoms with Gasteiger partial charge in [-0.1, -0.05) is 6.92 Å². The number of nitrogen functional groups attached to an aromatic ring is 1. The molecule has 1 unspecified atom stereocenters. The molecule has 4 N–H and O–H groups in total. The van der Waals surface area contributed by atoms with E-state index in [-0.39, 0.29) is 12.0 Å². The van der Waals surface area contributed by atoms with Gasteiger partial charge >= 0.3 is 0 Å². The Morgan fingerprint density at radius 2 is 2.28 bits per heavy atom. The molecule has 1 amide bonds. The quantitative estimate of drug-likeness (QED) is 0.663. The van der Waals surface area contributed by atoms with Crippen molar-refractivity contribution in [3.63, 3.8) is 0 Å². The monoisotopic (exact) mass is 252 g/mol. The molecule has 0 aromatic heterocycles. The van der Waals surface area contributed by atoms with Gasteiger partial charge in [0.05, 0.1) is 18.8 Å². The number of benzene rings is 1. The summed E-state index contributed by atoms with van der Waals surface area (Å²) in [6.07, 6.45) is 0.831. The minimum Gasteiger partial charge on any atom is -0.496 e. The predicted octanol–water partition coefficient (Wildman–Crippen LogP) is 1.17. The number of anilines is 1. The normalized spacial score (nSPS) is 11.9. The SMILES string of the molecule is CCC(O)CCNC(=O)c1cc(N)ccc1OC. The van der Waals surface area contributed by atoms with Crippen LogP contribution in [-0.4, -0.2) is 30.8 Å². The van der Waals surface area contributed by atoms with Gasteiger partial charge in [-0.2, -0.15) is 0 Å². The Kier molecular flexibility index (Phi) is 5.45. The van der Waals surface area contributed by atoms with E-state index in [1.807, 2.05) is 6.92 Å². The highest BCUT2D eigenvalue weighted by Crippen LogP contribution is 2.20. The first-order valence-electron chi connectivity index (χ1n) is 5.98. The smallest absolute Gasteiger partial charge is 0.255 e. The summed E-state index contributed by atoms with van der Waals surface area (Å²) >= 11 is 0. The van der Waals surface area contributed by atoms with E-state index < -0.39 is 0 Å². The molecule has 0 heterocycles. The molecule has 0 bridgehead atoms. The first-order valence-corrected chi connectivity index (χ1v) is 5.98. The van der Waals surface area contributed by atoms with E-state index in [0.29, 0.717) is 36.4 Å². The number of aliphatic hydroxyl groups excluding tert-OH is 1. The molecule has 1 atom stereocenters. The van der Waals surface area contributed by atoms with Gasteiger partial charge in [-0.05, 0) is 31.0 Å². The van der Waals surface area contributed by atoms with Crippen LogP contribution in [0.3, 0.4) is 0 Å². The van der Waals surface area contributed by atoms with Crippen molar-refractivity contribution in [1.29, 1.82) is 0 Å². The summed E-state index contributed by atoms with van der Waals surface area (Å²) in [5.74, 6) is 0.236. The predicted molar refractivity (Wildman–Crippen MR) is 70.7 cm³/mol. The van der Waals surface area contributed by atoms with Crippen molar-refractivity contribution < 1.29 is 14.6 Å². The lowest BCUT2D eigenvalue weighted by Crippen LogP contribution is -2.27. The van der Waals surface area contributed by atoms with E-state index in [2.05, 4.69) is 5.32 Å². The van der Waals surface area contributed by atoms with E-state index in [1.165, 1.54) is 7.11 Å². The third kappa shape index (κ3) is 3.92. The van der Waals surface area contributed by atoms with Gasteiger partial charge in [0.2, 0.25) is 0 Å². The lowest BCUT2D eigenvalue weighted by atomic mass is 10.1. The summed E-state index contributed by atoms with van der Waals surface area (Å²) in [4.78, 5) is 11.9. The number of ether oxygens (including phenoxy) is 1. The van der Waals surface area contributed by atoms with Crippen LogP contribution in [0.15, 0.2) is 18.2 Å². The maximum Gasteiger partial charge on any atom is 0.255 e. The molecule has 0 radical (unpaired) electrons. The fourth-order valence-electron chi connectivity index (χ4n) is 1.55. The van der Waals surface area contributed by atoms with Gasteiger partial charge in [0.25, 0.3) is 5.91 Å². The first kappa shape index (κ1) is 14.3. The largest absolute Gasteiger partial charge is 0.496 e. The number of methoxy groups -OCH3 is 1. The number of nitrogens with two attached hydrogens (primary N) is 1. The highest BCUT2D eigenvalue weighted by Gasteiger charge is 2.12. The molecule has 5 nitrogen and oxygen atoms in total. The Hall–Kier alpha value is -1.75. The number of amides is 1. The Morgan fingerprint density at radius 3 is 2.89 bits per heavy atom. The number of carbonyl (C=O) groups is 1. The van der Waals surface area contributed by atoms with Gasteiger partial charge in [-0.25, -0.2) is 0 Å². The molecule has 0 aliphatic heterocycles. The van der Waals surface area contributed by atoms with Crippen molar-refractivity contribution in [2.75, 3.05) is 19.4 Å². The van der Waals surface area contributed by atoms with Gasteiger partial charge in [-0.15, -0.1) is 0 Å². The van der Waals surface area contributed by atoms with Crippen molar-refractivity contribution in [3.05, 3.63) is 23.8 Å². The molecule has 0 spiro atoms. The van der Waals surface area contributed by atoms with Crippen LogP contribution < -0.4 is 15.8 Å². The fraction of sp³-hybridized carbons (Fsp3) is 0.462. The van der Waals surface area contributed by atoms with Crippen LogP contribution in [-0.2, 0) is 0 Å². The third-order valence-corrected chi connectivity index (χ3v) is 2.70. The van der Waals surface area contributed by atoms with E-state index in [0.717, 1.165) is 0 Å². The minimum absolute atomic E-state index is 0.248. The molecule has 1 aromatic carbocycles. The molecule has 18 heavy (non-hydrogen) atoms. The number of rotatable bonds is 6. The number of carbonyl (C=O) groups excluding carboxylic acids is 1. The van der Waals surface area contributed by atoms with Crippen LogP contribution >= 0.6 is 0 Å². The zero-order valence-corrected chi connectivity index (χ0v) is 10.8. The van der Waals surface area contributed by atoms with Crippen LogP contribution in [0.1, 0.15) is 30.1 Å². The second-order valence-corrected chi connectivity index (χ2v) is 4.07. The number of hydrogen-bond acceptors (Lipinski definition) is 4. The van der Waals surface area contributed by atoms with E-state index >= 15 is 0 Å². The Balaban J connectivity index is 2.63. The summed E-state index contributed by atoms with van der Waals surface area (Å²) in [6.45, 7) is 2.32. The summed E-state index contributed by atoms with van der Waals surface area (Å²) in [5, 5.41) is 12.1. The van der Waals surface area contributed by atoms with Crippen LogP contribution in [0.4, 0.5) is 5.69 Å². The van der Waals surface area contributed by atoms with Crippen molar-refractivity contribution in [2.24, 2.45) is 0 Å². The highest BCUT2D eigenvalue weighted by molar-refractivity contribution is 5.97. The van der Waals surface area contributed by atoms with Gasteiger partial charge in [0.1, 0.15) is 5.75 Å². The van der Waals surface area contributed by atoms with Crippen molar-refractivity contribution in [2.45, 2.75) is 25.9 Å². The van der Waals surface area contributed by atoms with Crippen LogP contribution in [0, 0.1) is 0 Å². The van der Waals surface area contributed by atoms with E-state index in [9.17, 15) is 9.90 Å². The first-order chi connectivity index (χ1) is 8.58. The minimum atomic E-state index is -0.381. The highest BCUT2D eigenvalue weighted by atomic mass is 16.5. The average molecular weight is 252 g/mol. The van der Waals surface area contributed by atoms with Crippen LogP contribution in [0.5, 0.6) is 5.75 Å². The van der Waals surface area contributed by atoms with E-state index in [4.69, 9.17) is 10.5 Å². The van der Waals surface area contributed by atoms with E-state index in [1.54, 1.807) is 18.2 Å². The molecular formula is C13H20N2O3. The lowest BCUT2D eigenvalue weighted by molar-refractivity contribution is 0.0939. The van der Waals surface area contributed by atoms with Gasteiger partial charge < -0.3 is 20.9 Å². The Morgan fingerprint density at radius 1 is 1.56 bits per heavy atom. The topological polar surface area (TPSA) is 84.6 Å². The fourth-order valence-corrected chi connectivity index (χ4v) is 1.55. The zero-order valence-electron chi connectivity index (χ0n) is 10.8. The average Bonchev–Trinajstić information content (AvgIpc) is 2.38. The second kappa shape index (κ2) is 6.86. The Labute approximate surface area is 107 Å². The summed E-state index contributed by atoms with van der Waals surface area (Å²) in [7, 11) is 1.50. The second-order valence-electron chi connectivity index (χ2n) is 4.07. The van der Waals surface area contributed by atoms with Gasteiger partial charge in [-0.3, -0.25) is 4.79 Å². The molecule has 1 rings (SSSR count). The number of nitrogens with one attached hydrogen (secondary N) is 1. The van der Waals surface area contributed by atoms with Gasteiger partial charge in [0, 0.05) is 12.2 Å². The van der Waals surface area contributed by atoms with Crippen LogP contribution in [0.2, 0.25) is 0 Å². The maximum atomic E-state index is 11.9. The summed E-state index contributed by atoms with van der Waals surface area (Å²) < 4.78 is 5.10. The summed E-state index contributed by atoms with van der Waals surface area (Å²) in [6, 6.07) is 4.91. The number of hydrogen-bond donors (Lipinski definition) is 3. The van der Waals surface area contributed by atoms with Crippen LogP contribution in [0.25, 0.3) is 0 Å². The molecule has 1 aromatic rings. The van der Waals surface area contributed by atoms with Gasteiger partial charge in [0.15, 0.2) is 0 Å². The van der Waals surface area contributed by atoms with Crippen molar-refractivity contribution in [1.82, 2.24) is 5.32 Å².